The van der Waals surface area contributed by atoms with Crippen LogP contribution < -0.4 is 10.1 Å². The van der Waals surface area contributed by atoms with Crippen molar-refractivity contribution in [3.05, 3.63) is 70.2 Å². The second kappa shape index (κ2) is 9.06. The van der Waals surface area contributed by atoms with Crippen molar-refractivity contribution in [2.75, 3.05) is 19.0 Å². The summed E-state index contributed by atoms with van der Waals surface area (Å²) in [6.45, 7) is 1.97. The number of hydrogen-bond acceptors (Lipinski definition) is 5. The van der Waals surface area contributed by atoms with E-state index in [1.807, 2.05) is 42.8 Å². The maximum atomic E-state index is 13.2. The lowest BCUT2D eigenvalue weighted by Gasteiger charge is -2.09. The Labute approximate surface area is 194 Å². The van der Waals surface area contributed by atoms with E-state index in [2.05, 4.69) is 5.32 Å². The second-order valence-electron chi connectivity index (χ2n) is 7.02. The molecule has 0 fully saturated rings. The van der Waals surface area contributed by atoms with Gasteiger partial charge in [-0.15, -0.1) is 11.3 Å². The molecule has 0 saturated carbocycles. The van der Waals surface area contributed by atoms with E-state index in [1.54, 1.807) is 36.8 Å². The molecule has 0 atom stereocenters. The number of halogens is 1. The van der Waals surface area contributed by atoms with Gasteiger partial charge in [-0.25, -0.2) is 4.79 Å². The fourth-order valence-corrected chi connectivity index (χ4v) is 4.67. The third kappa shape index (κ3) is 3.97. The number of anilines is 1. The van der Waals surface area contributed by atoms with E-state index in [-0.39, 0.29) is 12.5 Å². The zero-order valence-corrected chi connectivity index (χ0v) is 19.3. The van der Waals surface area contributed by atoms with Crippen molar-refractivity contribution < 1.29 is 19.1 Å². The summed E-state index contributed by atoms with van der Waals surface area (Å²) in [6, 6.07) is 14.6. The van der Waals surface area contributed by atoms with Crippen molar-refractivity contribution >= 4 is 50.7 Å². The van der Waals surface area contributed by atoms with E-state index in [0.29, 0.717) is 32.6 Å². The molecule has 2 aromatic heterocycles. The number of thiophene rings is 1. The quantitative estimate of drug-likeness (QED) is 0.352. The second-order valence-corrected chi connectivity index (χ2v) is 8.33. The smallest absolute Gasteiger partial charge is 0.341 e. The molecule has 2 heterocycles. The van der Waals surface area contributed by atoms with E-state index in [9.17, 15) is 9.59 Å². The minimum Gasteiger partial charge on any atom is -0.496 e. The predicted octanol–water partition coefficient (Wildman–Crippen LogP) is 6.00. The number of aryl methyl sites for hydroxylation is 1. The van der Waals surface area contributed by atoms with Gasteiger partial charge >= 0.3 is 5.97 Å². The van der Waals surface area contributed by atoms with Crippen LogP contribution >= 0.6 is 22.9 Å². The summed E-state index contributed by atoms with van der Waals surface area (Å²) in [5.41, 5.74) is 3.13. The first-order valence-corrected chi connectivity index (χ1v) is 11.2. The molecule has 8 heteroatoms. The van der Waals surface area contributed by atoms with Gasteiger partial charge in [0.05, 0.1) is 19.2 Å². The van der Waals surface area contributed by atoms with Gasteiger partial charge in [-0.3, -0.25) is 4.79 Å². The Bertz CT molecular complexity index is 1310. The zero-order valence-electron chi connectivity index (χ0n) is 17.8. The van der Waals surface area contributed by atoms with Crippen molar-refractivity contribution in [2.24, 2.45) is 7.05 Å². The van der Waals surface area contributed by atoms with E-state index >= 15 is 0 Å². The van der Waals surface area contributed by atoms with Crippen LogP contribution in [0.2, 0.25) is 5.02 Å². The molecule has 0 aliphatic carbocycles. The highest BCUT2D eigenvalue weighted by Gasteiger charge is 2.24. The summed E-state index contributed by atoms with van der Waals surface area (Å²) in [4.78, 5) is 26.0. The Balaban J connectivity index is 1.73. The van der Waals surface area contributed by atoms with Gasteiger partial charge in [0, 0.05) is 28.4 Å². The van der Waals surface area contributed by atoms with Crippen LogP contribution in [-0.4, -0.2) is 30.2 Å². The minimum absolute atomic E-state index is 0.227. The van der Waals surface area contributed by atoms with Crippen LogP contribution in [-0.2, 0) is 11.8 Å². The lowest BCUT2D eigenvalue weighted by atomic mass is 10.0. The number of nitrogens with one attached hydrogen (secondary N) is 1. The fraction of sp³-hybridized carbons (Fsp3) is 0.167. The van der Waals surface area contributed by atoms with Gasteiger partial charge in [0.1, 0.15) is 22.0 Å². The Morgan fingerprint density at radius 2 is 1.91 bits per heavy atom. The third-order valence-corrected chi connectivity index (χ3v) is 6.30. The monoisotopic (exact) mass is 468 g/mol. The van der Waals surface area contributed by atoms with Gasteiger partial charge in [0.25, 0.3) is 5.91 Å². The summed E-state index contributed by atoms with van der Waals surface area (Å²) in [5, 5.41) is 6.59. The predicted molar refractivity (Wildman–Crippen MR) is 128 cm³/mol. The number of carbonyl (C=O) groups is 2. The molecule has 4 rings (SSSR count). The highest BCUT2D eigenvalue weighted by atomic mass is 35.5. The standard InChI is InChI=1S/C24H21ClN2O4S/c1-4-31-24(29)21-17(14-8-10-15(25)11-9-14)13-32-23(21)26-22(28)19-12-16-18(27(19)2)6-5-7-20(16)30-3/h5-13H,4H2,1-3H3,(H,26,28). The first kappa shape index (κ1) is 21.9. The van der Waals surface area contributed by atoms with Gasteiger partial charge in [-0.1, -0.05) is 29.8 Å². The molecule has 1 N–H and O–H groups in total. The van der Waals surface area contributed by atoms with Gasteiger partial charge in [0.15, 0.2) is 0 Å². The summed E-state index contributed by atoms with van der Waals surface area (Å²) >= 11 is 7.28. The molecule has 6 nitrogen and oxygen atoms in total. The summed E-state index contributed by atoms with van der Waals surface area (Å²) in [5.74, 6) is -0.140. The number of nitrogens with zero attached hydrogens (tertiary/aromatic N) is 1. The van der Waals surface area contributed by atoms with Crippen molar-refractivity contribution in [1.29, 1.82) is 0 Å². The lowest BCUT2D eigenvalue weighted by molar-refractivity contribution is 0.0529. The molecule has 0 bridgehead atoms. The van der Waals surface area contributed by atoms with Crippen LogP contribution in [0.4, 0.5) is 5.00 Å². The van der Waals surface area contributed by atoms with Crippen molar-refractivity contribution in [3.8, 4) is 16.9 Å². The van der Waals surface area contributed by atoms with E-state index in [4.69, 9.17) is 21.1 Å². The number of aromatic nitrogens is 1. The first-order chi connectivity index (χ1) is 15.4. The Morgan fingerprint density at radius 1 is 1.16 bits per heavy atom. The number of rotatable bonds is 6. The van der Waals surface area contributed by atoms with Crippen molar-refractivity contribution in [3.63, 3.8) is 0 Å². The molecular weight excluding hydrogens is 448 g/mol. The maximum Gasteiger partial charge on any atom is 0.341 e. The molecule has 0 spiro atoms. The number of esters is 1. The highest BCUT2D eigenvalue weighted by molar-refractivity contribution is 7.15. The number of amides is 1. The van der Waals surface area contributed by atoms with Gasteiger partial charge in [-0.05, 0) is 42.8 Å². The number of benzene rings is 2. The Kier molecular flexibility index (Phi) is 6.21. The van der Waals surface area contributed by atoms with Crippen LogP contribution in [0.25, 0.3) is 22.0 Å². The van der Waals surface area contributed by atoms with Crippen molar-refractivity contribution in [1.82, 2.24) is 4.57 Å². The molecule has 32 heavy (non-hydrogen) atoms. The number of hydrogen-bond donors (Lipinski definition) is 1. The average molecular weight is 469 g/mol. The maximum absolute atomic E-state index is 13.2. The van der Waals surface area contributed by atoms with Gasteiger partial charge in [-0.2, -0.15) is 0 Å². The molecule has 0 unspecified atom stereocenters. The number of methoxy groups -OCH3 is 1. The van der Waals surface area contributed by atoms with Crippen LogP contribution in [0.1, 0.15) is 27.8 Å². The first-order valence-electron chi connectivity index (χ1n) is 9.93. The SMILES string of the molecule is CCOC(=O)c1c(-c2ccc(Cl)cc2)csc1NC(=O)c1cc2c(OC)cccc2n1C. The molecule has 0 radical (unpaired) electrons. The molecule has 0 aliphatic rings. The summed E-state index contributed by atoms with van der Waals surface area (Å²) in [7, 11) is 3.41. The molecule has 4 aromatic rings. The molecule has 0 aliphatic heterocycles. The van der Waals surface area contributed by atoms with Gasteiger partial charge < -0.3 is 19.4 Å². The van der Waals surface area contributed by atoms with E-state index in [1.165, 1.54) is 11.3 Å². The van der Waals surface area contributed by atoms with Crippen LogP contribution in [0, 0.1) is 0 Å². The molecule has 164 valence electrons. The number of fused-ring (bicyclic) bond motifs is 1. The van der Waals surface area contributed by atoms with Gasteiger partial charge in [0.2, 0.25) is 0 Å². The highest BCUT2D eigenvalue weighted by Crippen LogP contribution is 2.37. The lowest BCUT2D eigenvalue weighted by Crippen LogP contribution is -2.17. The Hall–Kier alpha value is -3.29. The summed E-state index contributed by atoms with van der Waals surface area (Å²) < 4.78 is 12.5. The van der Waals surface area contributed by atoms with Crippen LogP contribution in [0.3, 0.4) is 0 Å². The topological polar surface area (TPSA) is 69.6 Å². The molecular formula is C24H21ClN2O4S. The molecule has 1 amide bonds. The zero-order chi connectivity index (χ0) is 22.8. The largest absolute Gasteiger partial charge is 0.496 e. The molecule has 2 aromatic carbocycles. The molecule has 0 saturated heterocycles. The number of ether oxygens (including phenoxy) is 2. The van der Waals surface area contributed by atoms with E-state index in [0.717, 1.165) is 16.5 Å². The minimum atomic E-state index is -0.493. The van der Waals surface area contributed by atoms with Crippen LogP contribution in [0.5, 0.6) is 5.75 Å². The normalized spacial score (nSPS) is 10.9. The van der Waals surface area contributed by atoms with Crippen LogP contribution in [0.15, 0.2) is 53.9 Å². The number of carbonyl (C=O) groups excluding carboxylic acids is 2. The fourth-order valence-electron chi connectivity index (χ4n) is 3.59. The summed E-state index contributed by atoms with van der Waals surface area (Å²) in [6.07, 6.45) is 0. The van der Waals surface area contributed by atoms with Crippen molar-refractivity contribution in [2.45, 2.75) is 6.92 Å². The average Bonchev–Trinajstić information content (AvgIpc) is 3.35. The Morgan fingerprint density at radius 3 is 2.59 bits per heavy atom. The third-order valence-electron chi connectivity index (χ3n) is 5.15. The van der Waals surface area contributed by atoms with E-state index < -0.39 is 5.97 Å².